The largest absolute Gasteiger partial charge is 0.307 e. The summed E-state index contributed by atoms with van der Waals surface area (Å²) in [5.74, 6) is 0. The highest BCUT2D eigenvalue weighted by Gasteiger charge is 2.09. The monoisotopic (exact) mass is 405 g/mol. The quantitative estimate of drug-likeness (QED) is 0.325. The van der Waals surface area contributed by atoms with Gasteiger partial charge in [-0.05, 0) is 41.3 Å². The molecule has 0 radical (unpaired) electrons. The SMILES string of the molecule is CSc1ccc2nc(Nc3nc(-c4ccc5ccccc5c4)cs3)sc2c1. The van der Waals surface area contributed by atoms with E-state index in [1.54, 1.807) is 34.4 Å². The van der Waals surface area contributed by atoms with Crippen LogP contribution in [0.1, 0.15) is 0 Å². The standard InChI is InChI=1S/C21H15N3S3/c1-25-16-8-9-17-19(11-16)27-21(22-17)24-20-23-18(12-26-20)15-7-6-13-4-2-3-5-14(13)10-15/h2-12H,1H3,(H,22,23,24). The van der Waals surface area contributed by atoms with E-state index in [0.717, 1.165) is 27.0 Å². The van der Waals surface area contributed by atoms with Crippen molar-refractivity contribution < 1.29 is 0 Å². The summed E-state index contributed by atoms with van der Waals surface area (Å²) in [6.07, 6.45) is 2.09. The van der Waals surface area contributed by atoms with Crippen molar-refractivity contribution in [2.75, 3.05) is 11.6 Å². The molecule has 132 valence electrons. The molecule has 2 heterocycles. The number of nitrogens with one attached hydrogen (secondary N) is 1. The minimum atomic E-state index is 0.863. The van der Waals surface area contributed by atoms with Crippen molar-refractivity contribution in [3.05, 3.63) is 66.0 Å². The summed E-state index contributed by atoms with van der Waals surface area (Å²) in [6.45, 7) is 0. The third-order valence-electron chi connectivity index (χ3n) is 4.36. The van der Waals surface area contributed by atoms with Crippen LogP contribution in [0.4, 0.5) is 10.3 Å². The summed E-state index contributed by atoms with van der Waals surface area (Å²) in [4.78, 5) is 10.7. The first kappa shape index (κ1) is 16.7. The lowest BCUT2D eigenvalue weighted by Gasteiger charge is -2.01. The smallest absolute Gasteiger partial charge is 0.190 e. The number of thioether (sulfide) groups is 1. The molecule has 0 bridgehead atoms. The average Bonchev–Trinajstić information content (AvgIpc) is 3.33. The Bertz CT molecular complexity index is 1260. The van der Waals surface area contributed by atoms with E-state index in [2.05, 4.69) is 82.6 Å². The highest BCUT2D eigenvalue weighted by molar-refractivity contribution is 7.98. The van der Waals surface area contributed by atoms with Gasteiger partial charge in [-0.2, -0.15) is 0 Å². The van der Waals surface area contributed by atoms with Crippen molar-refractivity contribution >= 4 is 65.7 Å². The van der Waals surface area contributed by atoms with Gasteiger partial charge in [-0.25, -0.2) is 9.97 Å². The predicted octanol–water partition coefficient (Wildman–Crippen LogP) is 7.04. The van der Waals surface area contributed by atoms with Crippen molar-refractivity contribution in [3.8, 4) is 11.3 Å². The summed E-state index contributed by atoms with van der Waals surface area (Å²) in [6, 6.07) is 21.2. The van der Waals surface area contributed by atoms with Gasteiger partial charge < -0.3 is 5.32 Å². The number of aromatic nitrogens is 2. The minimum absolute atomic E-state index is 0.863. The van der Waals surface area contributed by atoms with Gasteiger partial charge in [0.15, 0.2) is 10.3 Å². The van der Waals surface area contributed by atoms with Crippen LogP contribution in [0.5, 0.6) is 0 Å². The summed E-state index contributed by atoms with van der Waals surface area (Å²) in [5, 5.41) is 9.67. The number of hydrogen-bond donors (Lipinski definition) is 1. The minimum Gasteiger partial charge on any atom is -0.307 e. The van der Waals surface area contributed by atoms with Crippen molar-refractivity contribution in [2.45, 2.75) is 4.90 Å². The predicted molar refractivity (Wildman–Crippen MR) is 120 cm³/mol. The van der Waals surface area contributed by atoms with Gasteiger partial charge in [-0.1, -0.05) is 47.7 Å². The number of nitrogens with zero attached hydrogens (tertiary/aromatic N) is 2. The second-order valence-electron chi connectivity index (χ2n) is 6.08. The maximum atomic E-state index is 4.76. The van der Waals surface area contributed by atoms with E-state index in [4.69, 9.17) is 4.98 Å². The Balaban J connectivity index is 1.43. The van der Waals surface area contributed by atoms with Gasteiger partial charge >= 0.3 is 0 Å². The molecule has 0 saturated heterocycles. The number of fused-ring (bicyclic) bond motifs is 2. The molecular formula is C21H15N3S3. The number of thiazole rings is 2. The molecule has 6 heteroatoms. The van der Waals surface area contributed by atoms with Crippen LogP contribution in [-0.4, -0.2) is 16.2 Å². The molecule has 3 aromatic carbocycles. The molecule has 0 aliphatic heterocycles. The van der Waals surface area contributed by atoms with Crippen molar-refractivity contribution in [2.24, 2.45) is 0 Å². The number of rotatable bonds is 4. The van der Waals surface area contributed by atoms with Gasteiger partial charge in [0.1, 0.15) is 0 Å². The normalized spacial score (nSPS) is 11.3. The third-order valence-corrected chi connectivity index (χ3v) is 6.78. The molecule has 0 fully saturated rings. The van der Waals surface area contributed by atoms with E-state index in [0.29, 0.717) is 0 Å². The summed E-state index contributed by atoms with van der Waals surface area (Å²) in [5.41, 5.74) is 3.14. The molecule has 0 aliphatic rings. The molecule has 0 aliphatic carbocycles. The van der Waals surface area contributed by atoms with Gasteiger partial charge in [0.05, 0.1) is 15.9 Å². The Morgan fingerprint density at radius 1 is 0.889 bits per heavy atom. The number of hydrogen-bond acceptors (Lipinski definition) is 6. The second-order valence-corrected chi connectivity index (χ2v) is 8.85. The molecule has 0 spiro atoms. The molecule has 0 unspecified atom stereocenters. The van der Waals surface area contributed by atoms with E-state index in [1.807, 2.05) is 0 Å². The zero-order valence-electron chi connectivity index (χ0n) is 14.5. The van der Waals surface area contributed by atoms with Gasteiger partial charge in [-0.3, -0.25) is 0 Å². The van der Waals surface area contributed by atoms with Gasteiger partial charge in [0.2, 0.25) is 0 Å². The van der Waals surface area contributed by atoms with Crippen molar-refractivity contribution in [1.82, 2.24) is 9.97 Å². The van der Waals surface area contributed by atoms with Crippen LogP contribution in [0.3, 0.4) is 0 Å². The molecule has 5 rings (SSSR count). The fourth-order valence-corrected chi connectivity index (χ4v) is 5.19. The van der Waals surface area contributed by atoms with Crippen molar-refractivity contribution in [3.63, 3.8) is 0 Å². The molecule has 27 heavy (non-hydrogen) atoms. The summed E-state index contributed by atoms with van der Waals surface area (Å²) in [7, 11) is 0. The molecule has 1 N–H and O–H groups in total. The molecule has 3 nitrogen and oxygen atoms in total. The first-order valence-corrected chi connectivity index (χ1v) is 11.4. The molecule has 0 amide bonds. The van der Waals surface area contributed by atoms with Crippen LogP contribution in [0.2, 0.25) is 0 Å². The van der Waals surface area contributed by atoms with E-state index in [-0.39, 0.29) is 0 Å². The van der Waals surface area contributed by atoms with E-state index in [9.17, 15) is 0 Å². The summed E-state index contributed by atoms with van der Waals surface area (Å²) < 4.78 is 1.19. The maximum Gasteiger partial charge on any atom is 0.190 e. The molecule has 0 saturated carbocycles. The number of anilines is 2. The fraction of sp³-hybridized carbons (Fsp3) is 0.0476. The molecular weight excluding hydrogens is 390 g/mol. The van der Waals surface area contributed by atoms with Crippen LogP contribution in [-0.2, 0) is 0 Å². The topological polar surface area (TPSA) is 37.8 Å². The Labute approximate surface area is 169 Å². The molecule has 0 atom stereocenters. The van der Waals surface area contributed by atoms with Gasteiger partial charge in [0.25, 0.3) is 0 Å². The van der Waals surface area contributed by atoms with Crippen molar-refractivity contribution in [1.29, 1.82) is 0 Å². The zero-order chi connectivity index (χ0) is 18.2. The maximum absolute atomic E-state index is 4.76. The van der Waals surface area contributed by atoms with Crippen LogP contribution in [0.25, 0.3) is 32.2 Å². The van der Waals surface area contributed by atoms with Gasteiger partial charge in [0, 0.05) is 15.8 Å². The van der Waals surface area contributed by atoms with Crippen LogP contribution in [0, 0.1) is 0 Å². The Kier molecular flexibility index (Phi) is 4.32. The number of benzene rings is 3. The van der Waals surface area contributed by atoms with Gasteiger partial charge in [-0.15, -0.1) is 23.1 Å². The highest BCUT2D eigenvalue weighted by Crippen LogP contribution is 2.33. The Morgan fingerprint density at radius 2 is 1.78 bits per heavy atom. The molecule has 2 aromatic heterocycles. The average molecular weight is 406 g/mol. The van der Waals surface area contributed by atoms with Crippen LogP contribution in [0.15, 0.2) is 70.9 Å². The third kappa shape index (κ3) is 3.32. The lowest BCUT2D eigenvalue weighted by atomic mass is 10.1. The van der Waals surface area contributed by atoms with Crippen LogP contribution < -0.4 is 5.32 Å². The van der Waals surface area contributed by atoms with E-state index < -0.39 is 0 Å². The van der Waals surface area contributed by atoms with E-state index in [1.165, 1.54) is 20.4 Å². The van der Waals surface area contributed by atoms with Crippen LogP contribution >= 0.6 is 34.4 Å². The Morgan fingerprint density at radius 3 is 2.67 bits per heavy atom. The lowest BCUT2D eigenvalue weighted by Crippen LogP contribution is -1.88. The first-order valence-electron chi connectivity index (χ1n) is 8.45. The van der Waals surface area contributed by atoms with E-state index >= 15 is 0 Å². The highest BCUT2D eigenvalue weighted by atomic mass is 32.2. The fourth-order valence-electron chi connectivity index (χ4n) is 2.99. The first-order chi connectivity index (χ1) is 13.3. The summed E-state index contributed by atoms with van der Waals surface area (Å²) >= 11 is 5.01. The Hall–Kier alpha value is -2.41. The molecule has 5 aromatic rings. The lowest BCUT2D eigenvalue weighted by molar-refractivity contribution is 1.36. The second kappa shape index (κ2) is 6.96. The zero-order valence-corrected chi connectivity index (χ0v) is 16.9.